The zero-order chi connectivity index (χ0) is 44.9. The summed E-state index contributed by atoms with van der Waals surface area (Å²) in [7, 11) is 0. The summed E-state index contributed by atoms with van der Waals surface area (Å²) in [4.78, 5) is 25.4. The van der Waals surface area contributed by atoms with E-state index in [0.717, 1.165) is 64.2 Å². The molecule has 0 radical (unpaired) electrons. The smallest absolute Gasteiger partial charge is 0.306 e. The Morgan fingerprint density at radius 2 is 0.726 bits per heavy atom. The second-order valence-electron chi connectivity index (χ2n) is 18.1. The highest BCUT2D eigenvalue weighted by Gasteiger charge is 2.17. The Balaban J connectivity index is 4.27. The number of hydrogen-bond donors (Lipinski definition) is 0. The van der Waals surface area contributed by atoms with Crippen LogP contribution in [0.3, 0.4) is 0 Å². The van der Waals surface area contributed by atoms with Crippen LogP contribution < -0.4 is 0 Å². The van der Waals surface area contributed by atoms with Crippen molar-refractivity contribution in [1.82, 2.24) is 0 Å². The molecule has 0 aromatic heterocycles. The van der Waals surface area contributed by atoms with Gasteiger partial charge in [0, 0.05) is 19.4 Å². The number of ether oxygens (including phenoxy) is 3. The molecule has 0 aliphatic rings. The van der Waals surface area contributed by atoms with Gasteiger partial charge >= 0.3 is 11.9 Å². The van der Waals surface area contributed by atoms with Crippen LogP contribution in [0, 0.1) is 0 Å². The van der Waals surface area contributed by atoms with Crippen molar-refractivity contribution in [2.24, 2.45) is 0 Å². The minimum Gasteiger partial charge on any atom is -0.462 e. The molecule has 0 aromatic rings. The van der Waals surface area contributed by atoms with Gasteiger partial charge < -0.3 is 14.2 Å². The highest BCUT2D eigenvalue weighted by Crippen LogP contribution is 2.15. The van der Waals surface area contributed by atoms with Gasteiger partial charge in [0.05, 0.1) is 6.61 Å². The van der Waals surface area contributed by atoms with Gasteiger partial charge in [0.25, 0.3) is 0 Å². The predicted molar refractivity (Wildman–Crippen MR) is 270 cm³/mol. The standard InChI is InChI=1S/C57H104O5/c1-4-7-10-13-16-19-22-25-28-31-34-37-40-43-46-49-52-60-53-55(62-57(59)51-48-45-42-39-36-33-30-27-24-21-18-15-12-9-6-3)54-61-56(58)50-47-44-41-38-35-32-29-26-23-20-17-14-11-8-5-2/h9,12,18,20-21,23,27,30,55H,4-8,10-11,13-17,19,22,24-26,28-29,31-54H2,1-3H3/b12-9-,21-18-,23-20-,30-27-/t55-/m1/s1. The molecule has 0 aliphatic heterocycles. The first kappa shape index (κ1) is 59.9. The van der Waals surface area contributed by atoms with Gasteiger partial charge in [0.1, 0.15) is 6.61 Å². The van der Waals surface area contributed by atoms with E-state index in [9.17, 15) is 9.59 Å². The molecule has 0 aliphatic carbocycles. The number of esters is 2. The molecule has 0 aromatic carbocycles. The van der Waals surface area contributed by atoms with Crippen LogP contribution in [-0.4, -0.2) is 37.9 Å². The molecule has 0 spiro atoms. The molecule has 0 saturated heterocycles. The van der Waals surface area contributed by atoms with Crippen molar-refractivity contribution >= 4 is 11.9 Å². The highest BCUT2D eigenvalue weighted by molar-refractivity contribution is 5.70. The largest absolute Gasteiger partial charge is 0.462 e. The lowest BCUT2D eigenvalue weighted by Crippen LogP contribution is -2.30. The van der Waals surface area contributed by atoms with E-state index in [1.807, 2.05) is 0 Å². The molecule has 0 heterocycles. The molecule has 0 bridgehead atoms. The SMILES string of the molecule is CC/C=C\C/C=C\C/C=C\CCCCCCCC(=O)O[C@H](COCCCCCCCCCCCCCCCCCC)COC(=O)CCCCCCCCC/C=C\CCCCCC. The number of carbonyl (C=O) groups is 2. The molecule has 5 heteroatoms. The summed E-state index contributed by atoms with van der Waals surface area (Å²) in [5, 5.41) is 0. The van der Waals surface area contributed by atoms with Crippen LogP contribution in [0.5, 0.6) is 0 Å². The molecule has 0 N–H and O–H groups in total. The molecule has 0 amide bonds. The Morgan fingerprint density at radius 1 is 0.371 bits per heavy atom. The first-order valence-corrected chi connectivity index (χ1v) is 27.2. The normalized spacial score (nSPS) is 12.5. The molecule has 0 unspecified atom stereocenters. The van der Waals surface area contributed by atoms with Crippen LogP contribution in [0.1, 0.15) is 278 Å². The summed E-state index contributed by atoms with van der Waals surface area (Å²) in [6.07, 6.45) is 65.5. The average molecular weight is 869 g/mol. The number of hydrogen-bond acceptors (Lipinski definition) is 5. The summed E-state index contributed by atoms with van der Waals surface area (Å²) < 4.78 is 17.4. The van der Waals surface area contributed by atoms with E-state index in [1.54, 1.807) is 0 Å². The minimum atomic E-state index is -0.544. The summed E-state index contributed by atoms with van der Waals surface area (Å²) in [5.41, 5.74) is 0. The third kappa shape index (κ3) is 50.5. The van der Waals surface area contributed by atoms with Gasteiger partial charge in [-0.25, -0.2) is 0 Å². The lowest BCUT2D eigenvalue weighted by Gasteiger charge is -2.18. The molecule has 1 atom stereocenters. The predicted octanol–water partition coefficient (Wildman–Crippen LogP) is 18.3. The number of rotatable bonds is 50. The summed E-state index contributed by atoms with van der Waals surface area (Å²) in [6, 6.07) is 0. The Morgan fingerprint density at radius 3 is 1.19 bits per heavy atom. The Labute approximate surface area is 386 Å². The van der Waals surface area contributed by atoms with E-state index in [1.165, 1.54) is 180 Å². The average Bonchev–Trinajstić information content (AvgIpc) is 3.27. The van der Waals surface area contributed by atoms with E-state index in [4.69, 9.17) is 14.2 Å². The molecule has 0 rings (SSSR count). The summed E-state index contributed by atoms with van der Waals surface area (Å²) >= 11 is 0. The van der Waals surface area contributed by atoms with Gasteiger partial charge in [-0.2, -0.15) is 0 Å². The first-order valence-electron chi connectivity index (χ1n) is 27.2. The van der Waals surface area contributed by atoms with Crippen molar-refractivity contribution in [3.05, 3.63) is 48.6 Å². The van der Waals surface area contributed by atoms with Crippen LogP contribution in [-0.2, 0) is 23.8 Å². The molecule has 0 saturated carbocycles. The lowest BCUT2D eigenvalue weighted by molar-refractivity contribution is -0.163. The molecular formula is C57H104O5. The number of allylic oxidation sites excluding steroid dienone is 8. The number of carbonyl (C=O) groups excluding carboxylic acids is 2. The maximum absolute atomic E-state index is 12.8. The lowest BCUT2D eigenvalue weighted by atomic mass is 10.0. The van der Waals surface area contributed by atoms with Gasteiger partial charge in [-0.15, -0.1) is 0 Å². The van der Waals surface area contributed by atoms with Gasteiger partial charge in [0.15, 0.2) is 6.10 Å². The van der Waals surface area contributed by atoms with Crippen LogP contribution in [0.15, 0.2) is 48.6 Å². The quantitative estimate of drug-likeness (QED) is 0.0346. The highest BCUT2D eigenvalue weighted by atomic mass is 16.6. The Bertz CT molecular complexity index is 1030. The van der Waals surface area contributed by atoms with E-state index >= 15 is 0 Å². The fourth-order valence-corrected chi connectivity index (χ4v) is 7.81. The fourth-order valence-electron chi connectivity index (χ4n) is 7.81. The number of unbranched alkanes of at least 4 members (excludes halogenated alkanes) is 31. The summed E-state index contributed by atoms with van der Waals surface area (Å²) in [5.74, 6) is -0.409. The molecular weight excluding hydrogens is 765 g/mol. The van der Waals surface area contributed by atoms with Gasteiger partial charge in [-0.1, -0.05) is 236 Å². The zero-order valence-corrected chi connectivity index (χ0v) is 41.6. The second kappa shape index (κ2) is 53.2. The van der Waals surface area contributed by atoms with Crippen LogP contribution in [0.2, 0.25) is 0 Å². The van der Waals surface area contributed by atoms with Gasteiger partial charge in [0.2, 0.25) is 0 Å². The topological polar surface area (TPSA) is 61.8 Å². The van der Waals surface area contributed by atoms with Gasteiger partial charge in [-0.3, -0.25) is 9.59 Å². The van der Waals surface area contributed by atoms with Crippen LogP contribution in [0.4, 0.5) is 0 Å². The van der Waals surface area contributed by atoms with E-state index in [-0.39, 0.29) is 25.2 Å². The third-order valence-electron chi connectivity index (χ3n) is 11.8. The third-order valence-corrected chi connectivity index (χ3v) is 11.8. The van der Waals surface area contributed by atoms with Crippen LogP contribution >= 0.6 is 0 Å². The van der Waals surface area contributed by atoms with E-state index in [0.29, 0.717) is 19.4 Å². The molecule has 362 valence electrons. The maximum atomic E-state index is 12.8. The van der Waals surface area contributed by atoms with E-state index < -0.39 is 6.10 Å². The van der Waals surface area contributed by atoms with E-state index in [2.05, 4.69) is 69.4 Å². The van der Waals surface area contributed by atoms with Crippen LogP contribution in [0.25, 0.3) is 0 Å². The summed E-state index contributed by atoms with van der Waals surface area (Å²) in [6.45, 7) is 7.73. The van der Waals surface area contributed by atoms with Crippen molar-refractivity contribution < 1.29 is 23.8 Å². The van der Waals surface area contributed by atoms with Crippen molar-refractivity contribution in [3.63, 3.8) is 0 Å². The van der Waals surface area contributed by atoms with Crippen molar-refractivity contribution in [3.8, 4) is 0 Å². The minimum absolute atomic E-state index is 0.0793. The first-order chi connectivity index (χ1) is 30.6. The van der Waals surface area contributed by atoms with Crippen molar-refractivity contribution in [2.45, 2.75) is 284 Å². The van der Waals surface area contributed by atoms with Crippen molar-refractivity contribution in [1.29, 1.82) is 0 Å². The zero-order valence-electron chi connectivity index (χ0n) is 41.6. The molecule has 62 heavy (non-hydrogen) atoms. The Hall–Kier alpha value is -2.14. The van der Waals surface area contributed by atoms with Crippen molar-refractivity contribution in [2.75, 3.05) is 19.8 Å². The molecule has 0 fully saturated rings. The second-order valence-corrected chi connectivity index (χ2v) is 18.1. The monoisotopic (exact) mass is 869 g/mol. The fraction of sp³-hybridized carbons (Fsp3) is 0.825. The maximum Gasteiger partial charge on any atom is 0.306 e. The molecule has 5 nitrogen and oxygen atoms in total. The Kier molecular flexibility index (Phi) is 51.4. The van der Waals surface area contributed by atoms with Gasteiger partial charge in [-0.05, 0) is 77.0 Å².